The summed E-state index contributed by atoms with van der Waals surface area (Å²) >= 11 is 3.52. The van der Waals surface area contributed by atoms with Crippen molar-refractivity contribution in [2.24, 2.45) is 0 Å². The van der Waals surface area contributed by atoms with E-state index in [-0.39, 0.29) is 17.8 Å². The number of halogens is 1. The van der Waals surface area contributed by atoms with Gasteiger partial charge < -0.3 is 14.3 Å². The van der Waals surface area contributed by atoms with Crippen LogP contribution in [-0.2, 0) is 12.0 Å². The molecular weight excluding hydrogens is 348 g/mol. The SMILES string of the molecule is Cc1cc(Br)cc(C(C)(C)C)c1OCc1ccc(C(=O)O)o1. The normalized spacial score (nSPS) is 11.5. The van der Waals surface area contributed by atoms with Crippen LogP contribution in [0.15, 0.2) is 33.2 Å². The minimum Gasteiger partial charge on any atom is -0.485 e. The fourth-order valence-corrected chi connectivity index (χ4v) is 2.76. The van der Waals surface area contributed by atoms with Gasteiger partial charge in [0.1, 0.15) is 18.1 Å². The van der Waals surface area contributed by atoms with E-state index in [0.717, 1.165) is 21.3 Å². The Morgan fingerprint density at radius 3 is 2.55 bits per heavy atom. The zero-order valence-electron chi connectivity index (χ0n) is 13.1. The van der Waals surface area contributed by atoms with Crippen molar-refractivity contribution in [3.05, 3.63) is 51.4 Å². The van der Waals surface area contributed by atoms with Crippen molar-refractivity contribution >= 4 is 21.9 Å². The molecule has 0 amide bonds. The van der Waals surface area contributed by atoms with Crippen molar-refractivity contribution in [2.75, 3.05) is 0 Å². The molecule has 0 bridgehead atoms. The molecule has 5 heteroatoms. The number of aromatic carboxylic acids is 1. The maximum Gasteiger partial charge on any atom is 0.371 e. The van der Waals surface area contributed by atoms with Crippen molar-refractivity contribution < 1.29 is 19.1 Å². The molecule has 0 radical (unpaired) electrons. The van der Waals surface area contributed by atoms with Crippen molar-refractivity contribution in [2.45, 2.75) is 39.7 Å². The first-order chi connectivity index (χ1) is 10.2. The van der Waals surface area contributed by atoms with Gasteiger partial charge >= 0.3 is 5.97 Å². The zero-order chi connectivity index (χ0) is 16.5. The summed E-state index contributed by atoms with van der Waals surface area (Å²) in [7, 11) is 0. The van der Waals surface area contributed by atoms with Crippen LogP contribution < -0.4 is 4.74 Å². The minimum absolute atomic E-state index is 0.0702. The van der Waals surface area contributed by atoms with Crippen LogP contribution in [-0.4, -0.2) is 11.1 Å². The van der Waals surface area contributed by atoms with Gasteiger partial charge in [0.15, 0.2) is 0 Å². The van der Waals surface area contributed by atoms with Crippen LogP contribution in [0.3, 0.4) is 0 Å². The van der Waals surface area contributed by atoms with Crippen molar-refractivity contribution in [1.29, 1.82) is 0 Å². The number of hydrogen-bond acceptors (Lipinski definition) is 3. The molecule has 22 heavy (non-hydrogen) atoms. The molecule has 0 fully saturated rings. The molecule has 0 aliphatic rings. The van der Waals surface area contributed by atoms with Crippen LogP contribution in [0.1, 0.15) is 48.2 Å². The second kappa shape index (κ2) is 6.16. The third-order valence-electron chi connectivity index (χ3n) is 3.28. The van der Waals surface area contributed by atoms with E-state index in [2.05, 4.69) is 36.7 Å². The van der Waals surface area contributed by atoms with E-state index in [4.69, 9.17) is 14.3 Å². The maximum absolute atomic E-state index is 10.8. The highest BCUT2D eigenvalue weighted by Gasteiger charge is 2.22. The number of benzene rings is 1. The van der Waals surface area contributed by atoms with Crippen LogP contribution in [0, 0.1) is 6.92 Å². The zero-order valence-corrected chi connectivity index (χ0v) is 14.7. The molecule has 0 unspecified atom stereocenters. The molecule has 0 atom stereocenters. The Hall–Kier alpha value is -1.75. The molecule has 0 aliphatic heterocycles. The Balaban J connectivity index is 2.27. The van der Waals surface area contributed by atoms with Gasteiger partial charge in [-0.15, -0.1) is 0 Å². The predicted molar refractivity (Wildman–Crippen MR) is 87.6 cm³/mol. The van der Waals surface area contributed by atoms with E-state index < -0.39 is 5.97 Å². The first-order valence-electron chi connectivity index (χ1n) is 6.94. The minimum atomic E-state index is -1.08. The first kappa shape index (κ1) is 16.6. The number of carboxylic acids is 1. The molecule has 1 aromatic carbocycles. The second-order valence-electron chi connectivity index (χ2n) is 6.21. The summed E-state index contributed by atoms with van der Waals surface area (Å²) in [5, 5.41) is 8.87. The fourth-order valence-electron chi connectivity index (χ4n) is 2.19. The van der Waals surface area contributed by atoms with Crippen LogP contribution in [0.2, 0.25) is 0 Å². The molecule has 1 heterocycles. The standard InChI is InChI=1S/C17H19BrO4/c1-10-7-11(18)8-13(17(2,3)4)15(10)21-9-12-5-6-14(22-12)16(19)20/h5-8H,9H2,1-4H3,(H,19,20). The Morgan fingerprint density at radius 2 is 2.00 bits per heavy atom. The third kappa shape index (κ3) is 3.71. The second-order valence-corrected chi connectivity index (χ2v) is 7.12. The lowest BCUT2D eigenvalue weighted by atomic mass is 9.85. The smallest absolute Gasteiger partial charge is 0.371 e. The topological polar surface area (TPSA) is 59.7 Å². The molecule has 118 valence electrons. The highest BCUT2D eigenvalue weighted by Crippen LogP contribution is 2.37. The van der Waals surface area contributed by atoms with Crippen LogP contribution in [0.25, 0.3) is 0 Å². The van der Waals surface area contributed by atoms with Gasteiger partial charge in [-0.25, -0.2) is 4.79 Å². The molecule has 1 aromatic heterocycles. The van der Waals surface area contributed by atoms with Gasteiger partial charge in [0.25, 0.3) is 0 Å². The Morgan fingerprint density at radius 1 is 1.32 bits per heavy atom. The average Bonchev–Trinajstić information content (AvgIpc) is 2.84. The number of carboxylic acid groups (broad SMARTS) is 1. The molecule has 2 rings (SSSR count). The summed E-state index contributed by atoms with van der Waals surface area (Å²) in [6.07, 6.45) is 0. The van der Waals surface area contributed by atoms with Crippen LogP contribution in [0.4, 0.5) is 0 Å². The number of aryl methyl sites for hydroxylation is 1. The summed E-state index contributed by atoms with van der Waals surface area (Å²) in [4.78, 5) is 10.8. The van der Waals surface area contributed by atoms with Gasteiger partial charge in [0, 0.05) is 10.0 Å². The van der Waals surface area contributed by atoms with Gasteiger partial charge in [0.2, 0.25) is 5.76 Å². The van der Waals surface area contributed by atoms with Gasteiger partial charge in [0.05, 0.1) is 0 Å². The van der Waals surface area contributed by atoms with E-state index >= 15 is 0 Å². The predicted octanol–water partition coefficient (Wildman–Crippen LogP) is 4.93. The van der Waals surface area contributed by atoms with E-state index in [1.807, 2.05) is 19.1 Å². The van der Waals surface area contributed by atoms with Crippen molar-refractivity contribution in [3.8, 4) is 5.75 Å². The molecule has 0 aliphatic carbocycles. The van der Waals surface area contributed by atoms with Crippen molar-refractivity contribution in [3.63, 3.8) is 0 Å². The average molecular weight is 367 g/mol. The fraction of sp³-hybridized carbons (Fsp3) is 0.353. The van der Waals surface area contributed by atoms with E-state index in [0.29, 0.717) is 5.76 Å². The summed E-state index contributed by atoms with van der Waals surface area (Å²) in [6.45, 7) is 8.54. The Bertz CT molecular complexity index is 695. The highest BCUT2D eigenvalue weighted by atomic mass is 79.9. The monoisotopic (exact) mass is 366 g/mol. The number of hydrogen-bond donors (Lipinski definition) is 1. The molecule has 0 saturated heterocycles. The number of rotatable bonds is 4. The molecule has 1 N–H and O–H groups in total. The summed E-state index contributed by atoms with van der Waals surface area (Å²) < 4.78 is 12.2. The Kier molecular flexibility index (Phi) is 4.66. The molecule has 0 saturated carbocycles. The van der Waals surface area contributed by atoms with E-state index in [9.17, 15) is 4.79 Å². The number of ether oxygens (including phenoxy) is 1. The number of furan rings is 1. The lowest BCUT2D eigenvalue weighted by Gasteiger charge is -2.24. The summed E-state index contributed by atoms with van der Waals surface area (Å²) in [5.41, 5.74) is 2.04. The van der Waals surface area contributed by atoms with Crippen molar-refractivity contribution in [1.82, 2.24) is 0 Å². The summed E-state index contributed by atoms with van der Waals surface area (Å²) in [6, 6.07) is 7.09. The lowest BCUT2D eigenvalue weighted by Crippen LogP contribution is -2.14. The molecule has 4 nitrogen and oxygen atoms in total. The largest absolute Gasteiger partial charge is 0.485 e. The summed E-state index contributed by atoms with van der Waals surface area (Å²) in [5.74, 6) is 0.132. The van der Waals surface area contributed by atoms with Crippen LogP contribution in [0.5, 0.6) is 5.75 Å². The third-order valence-corrected chi connectivity index (χ3v) is 3.74. The first-order valence-corrected chi connectivity index (χ1v) is 7.73. The van der Waals surface area contributed by atoms with Crippen LogP contribution >= 0.6 is 15.9 Å². The molecule has 0 spiro atoms. The lowest BCUT2D eigenvalue weighted by molar-refractivity contribution is 0.0658. The van der Waals surface area contributed by atoms with Gasteiger partial charge in [-0.2, -0.15) is 0 Å². The molecular formula is C17H19BrO4. The van der Waals surface area contributed by atoms with Gasteiger partial charge in [-0.3, -0.25) is 0 Å². The van der Waals surface area contributed by atoms with E-state index in [1.165, 1.54) is 6.07 Å². The quantitative estimate of drug-likeness (QED) is 0.833. The highest BCUT2D eigenvalue weighted by molar-refractivity contribution is 9.10. The van der Waals surface area contributed by atoms with Gasteiger partial charge in [-0.1, -0.05) is 36.7 Å². The Labute approximate surface area is 138 Å². The molecule has 2 aromatic rings. The van der Waals surface area contributed by atoms with E-state index in [1.54, 1.807) is 6.07 Å². The maximum atomic E-state index is 10.8. The van der Waals surface area contributed by atoms with Gasteiger partial charge in [-0.05, 0) is 42.2 Å². The number of carbonyl (C=O) groups is 1.